The Kier molecular flexibility index (Phi) is 4.91. The summed E-state index contributed by atoms with van der Waals surface area (Å²) in [5.74, 6) is 1.52. The highest BCUT2D eigenvalue weighted by atomic mass is 16.4. The van der Waals surface area contributed by atoms with Gasteiger partial charge in [-0.05, 0) is 85.1 Å². The van der Waals surface area contributed by atoms with Gasteiger partial charge in [0.05, 0.1) is 0 Å². The first-order chi connectivity index (χ1) is 13.4. The molecule has 1 N–H and O–H groups in total. The van der Waals surface area contributed by atoms with E-state index in [1.54, 1.807) is 0 Å². The Morgan fingerprint density at radius 1 is 1.32 bits per heavy atom. The van der Waals surface area contributed by atoms with Gasteiger partial charge in [-0.1, -0.05) is 43.3 Å². The Labute approximate surface area is 167 Å². The maximum Gasteiger partial charge on any atom is 0.303 e. The third-order valence-corrected chi connectivity index (χ3v) is 8.52. The van der Waals surface area contributed by atoms with Crippen LogP contribution >= 0.6 is 0 Å². The number of hydrogen-bond acceptors (Lipinski definition) is 2. The van der Waals surface area contributed by atoms with Crippen molar-refractivity contribution in [2.45, 2.75) is 65.2 Å². The van der Waals surface area contributed by atoms with E-state index in [1.165, 1.54) is 31.3 Å². The Morgan fingerprint density at radius 3 is 2.89 bits per heavy atom. The molecular weight excluding hydrogens is 350 g/mol. The number of fused-ring (bicyclic) bond motifs is 5. The molecule has 2 fully saturated rings. The highest BCUT2D eigenvalue weighted by Gasteiger charge is 2.57. The van der Waals surface area contributed by atoms with E-state index in [-0.39, 0.29) is 17.3 Å². The Morgan fingerprint density at radius 2 is 2.14 bits per heavy atom. The zero-order valence-electron chi connectivity index (χ0n) is 17.0. The molecule has 0 spiro atoms. The first-order valence-corrected chi connectivity index (χ1v) is 10.8. The summed E-state index contributed by atoms with van der Waals surface area (Å²) in [5, 5.41) is 13.1. The molecule has 2 saturated carbocycles. The summed E-state index contributed by atoms with van der Waals surface area (Å²) in [4.78, 5) is 14.1. The third kappa shape index (κ3) is 2.91. The smallest absolute Gasteiger partial charge is 0.303 e. The molecule has 0 aliphatic heterocycles. The van der Waals surface area contributed by atoms with E-state index < -0.39 is 5.97 Å². The van der Waals surface area contributed by atoms with Gasteiger partial charge in [-0.3, -0.25) is 4.79 Å². The Balaban J connectivity index is 1.65. The number of carbonyl (C=O) groups is 1. The van der Waals surface area contributed by atoms with Crippen molar-refractivity contribution in [3.63, 3.8) is 0 Å². The second-order valence-electron chi connectivity index (χ2n) is 9.67. The van der Waals surface area contributed by atoms with Gasteiger partial charge in [0.1, 0.15) is 0 Å². The molecule has 4 rings (SSSR count). The summed E-state index contributed by atoms with van der Waals surface area (Å²) >= 11 is 0. The lowest BCUT2D eigenvalue weighted by Crippen LogP contribution is -2.48. The molecule has 6 atom stereocenters. The van der Waals surface area contributed by atoms with Crippen molar-refractivity contribution in [3.8, 4) is 0 Å². The first kappa shape index (κ1) is 19.3. The fraction of sp³-hybridized carbons (Fsp3) is 0.696. The standard InChI is InChI=1S/C23H31N3O2/c1-22-13-11-18-16(17(22)10-9-15(22)6-5-8-21(27)28)14-20(25-26-24)19-7-3-4-12-23(18,19)2/h4,7,12,14-18H,3,5-6,8-11,13H2,1-2H3,(H,27,28)/t15-,16-,17-,18-,22+,23+/m0/s1. The summed E-state index contributed by atoms with van der Waals surface area (Å²) in [5.41, 5.74) is 11.4. The second kappa shape index (κ2) is 7.11. The van der Waals surface area contributed by atoms with Crippen LogP contribution in [0.25, 0.3) is 10.4 Å². The largest absolute Gasteiger partial charge is 0.481 e. The van der Waals surface area contributed by atoms with Crippen molar-refractivity contribution >= 4 is 5.97 Å². The highest BCUT2D eigenvalue weighted by molar-refractivity contribution is 5.66. The molecule has 5 heteroatoms. The predicted molar refractivity (Wildman–Crippen MR) is 109 cm³/mol. The van der Waals surface area contributed by atoms with Crippen LogP contribution in [0.2, 0.25) is 0 Å². The topological polar surface area (TPSA) is 86.1 Å². The fourth-order valence-electron chi connectivity index (χ4n) is 7.13. The Hall–Kier alpha value is -2.00. The van der Waals surface area contributed by atoms with Gasteiger partial charge >= 0.3 is 5.97 Å². The van der Waals surface area contributed by atoms with Gasteiger partial charge in [0, 0.05) is 22.4 Å². The number of aliphatic carboxylic acids is 1. The van der Waals surface area contributed by atoms with Crippen LogP contribution in [0.15, 0.2) is 40.7 Å². The molecule has 0 amide bonds. The minimum absolute atomic E-state index is 0.0378. The number of carboxylic acids is 1. The summed E-state index contributed by atoms with van der Waals surface area (Å²) in [7, 11) is 0. The van der Waals surface area contributed by atoms with Crippen LogP contribution in [-0.2, 0) is 4.79 Å². The van der Waals surface area contributed by atoms with Crippen molar-refractivity contribution in [1.29, 1.82) is 0 Å². The quantitative estimate of drug-likeness (QED) is 0.258. The van der Waals surface area contributed by atoms with Crippen molar-refractivity contribution in [3.05, 3.63) is 46.0 Å². The zero-order chi connectivity index (χ0) is 19.9. The Bertz CT molecular complexity index is 807. The average Bonchev–Trinajstić information content (AvgIpc) is 2.98. The maximum absolute atomic E-state index is 10.9. The van der Waals surface area contributed by atoms with Gasteiger partial charge in [0.25, 0.3) is 0 Å². The summed E-state index contributed by atoms with van der Waals surface area (Å²) in [6.45, 7) is 4.77. The highest BCUT2D eigenvalue weighted by Crippen LogP contribution is 2.66. The molecule has 4 aliphatic carbocycles. The van der Waals surface area contributed by atoms with E-state index in [0.717, 1.165) is 25.0 Å². The van der Waals surface area contributed by atoms with Crippen LogP contribution in [0, 0.1) is 34.5 Å². The van der Waals surface area contributed by atoms with Gasteiger partial charge in [0.15, 0.2) is 0 Å². The summed E-state index contributed by atoms with van der Waals surface area (Å²) in [6.07, 6.45) is 17.0. The number of rotatable bonds is 5. The van der Waals surface area contributed by atoms with Gasteiger partial charge in [-0.15, -0.1) is 0 Å². The predicted octanol–water partition coefficient (Wildman–Crippen LogP) is 6.40. The SMILES string of the molecule is C[C@]12CC[C@H]3[C@@H](C=C(N=[N+]=[N-])C4=CCC=C[C@@]43C)[C@@H]1CC[C@@H]2CCCC(=O)O. The molecular formula is C23H31N3O2. The van der Waals surface area contributed by atoms with Crippen LogP contribution in [-0.4, -0.2) is 11.1 Å². The van der Waals surface area contributed by atoms with Crippen molar-refractivity contribution in [1.82, 2.24) is 0 Å². The van der Waals surface area contributed by atoms with Gasteiger partial charge in [0.2, 0.25) is 0 Å². The van der Waals surface area contributed by atoms with Crippen LogP contribution in [0.4, 0.5) is 0 Å². The van der Waals surface area contributed by atoms with Gasteiger partial charge in [-0.2, -0.15) is 0 Å². The van der Waals surface area contributed by atoms with Crippen molar-refractivity contribution < 1.29 is 9.90 Å². The minimum Gasteiger partial charge on any atom is -0.481 e. The first-order valence-electron chi connectivity index (χ1n) is 10.8. The van der Waals surface area contributed by atoms with E-state index in [4.69, 9.17) is 10.6 Å². The monoisotopic (exact) mass is 381 g/mol. The average molecular weight is 382 g/mol. The molecule has 150 valence electrons. The molecule has 0 radical (unpaired) electrons. The molecule has 0 heterocycles. The lowest BCUT2D eigenvalue weighted by atomic mass is 9.49. The normalized spacial score (nSPS) is 41.1. The number of hydrogen-bond donors (Lipinski definition) is 1. The lowest BCUT2D eigenvalue weighted by Gasteiger charge is -2.56. The van der Waals surface area contributed by atoms with Gasteiger partial charge in [-0.25, -0.2) is 0 Å². The van der Waals surface area contributed by atoms with Crippen LogP contribution in [0.1, 0.15) is 65.2 Å². The van der Waals surface area contributed by atoms with Crippen LogP contribution in [0.3, 0.4) is 0 Å². The van der Waals surface area contributed by atoms with E-state index >= 15 is 0 Å². The minimum atomic E-state index is -0.686. The molecule has 0 unspecified atom stereocenters. The molecule has 0 aromatic rings. The number of carboxylic acid groups (broad SMARTS) is 1. The molecule has 28 heavy (non-hydrogen) atoms. The van der Waals surface area contributed by atoms with Crippen molar-refractivity contribution in [2.75, 3.05) is 0 Å². The zero-order valence-corrected chi connectivity index (χ0v) is 17.0. The third-order valence-electron chi connectivity index (χ3n) is 8.52. The van der Waals surface area contributed by atoms with E-state index in [1.807, 2.05) is 0 Å². The number of nitrogens with zero attached hydrogens (tertiary/aromatic N) is 3. The van der Waals surface area contributed by atoms with E-state index in [2.05, 4.69) is 48.2 Å². The van der Waals surface area contributed by atoms with Crippen LogP contribution < -0.4 is 0 Å². The maximum atomic E-state index is 10.9. The van der Waals surface area contributed by atoms with E-state index in [9.17, 15) is 4.79 Å². The second-order valence-corrected chi connectivity index (χ2v) is 9.67. The molecule has 4 aliphatic rings. The molecule has 0 bridgehead atoms. The fourth-order valence-corrected chi connectivity index (χ4v) is 7.13. The van der Waals surface area contributed by atoms with Crippen LogP contribution in [0.5, 0.6) is 0 Å². The number of azide groups is 1. The molecule has 0 aromatic carbocycles. The number of allylic oxidation sites excluding steroid dienone is 5. The molecule has 5 nitrogen and oxygen atoms in total. The van der Waals surface area contributed by atoms with Crippen molar-refractivity contribution in [2.24, 2.45) is 39.6 Å². The summed E-state index contributed by atoms with van der Waals surface area (Å²) in [6, 6.07) is 0. The summed E-state index contributed by atoms with van der Waals surface area (Å²) < 4.78 is 0. The van der Waals surface area contributed by atoms with E-state index in [0.29, 0.717) is 23.7 Å². The van der Waals surface area contributed by atoms with Gasteiger partial charge < -0.3 is 5.11 Å². The lowest BCUT2D eigenvalue weighted by molar-refractivity contribution is -0.137. The molecule has 0 aromatic heterocycles. The molecule has 0 saturated heterocycles.